The lowest BCUT2D eigenvalue weighted by atomic mass is 10.5. The Morgan fingerprint density at radius 3 is 2.43 bits per heavy atom. The van der Waals surface area contributed by atoms with Crippen molar-refractivity contribution in [3.8, 4) is 0 Å². The average Bonchev–Trinajstić information content (AvgIpc) is 2.23. The molecule has 14 heavy (non-hydrogen) atoms. The van der Waals surface area contributed by atoms with Crippen molar-refractivity contribution in [1.29, 1.82) is 0 Å². The van der Waals surface area contributed by atoms with Crippen molar-refractivity contribution < 1.29 is 18.4 Å². The molecule has 0 aromatic rings. The van der Waals surface area contributed by atoms with Crippen LogP contribution in [0, 0.1) is 0 Å². The number of hydrogen-bond acceptors (Lipinski definition) is 4. The fourth-order valence-electron chi connectivity index (χ4n) is 0.912. The molecule has 0 unspecified atom stereocenters. The standard InChI is InChI=1S/C9H18O4Si/c1-5-9(10)13-7-6-8-14(4,11-2)12-3/h5H,1,6-8H2,2-4H3. The van der Waals surface area contributed by atoms with E-state index >= 15 is 0 Å². The van der Waals surface area contributed by atoms with Gasteiger partial charge < -0.3 is 13.6 Å². The molecular weight excluding hydrogens is 200 g/mol. The van der Waals surface area contributed by atoms with Gasteiger partial charge in [0.25, 0.3) is 0 Å². The molecule has 5 heteroatoms. The maximum atomic E-state index is 10.7. The SMILES string of the molecule is C=CC(=O)OCCC[Si](C)(OC)OC. The molecule has 82 valence electrons. The number of carbonyl (C=O) groups is 1. The normalized spacial score (nSPS) is 11.1. The van der Waals surface area contributed by atoms with Crippen molar-refractivity contribution in [3.05, 3.63) is 12.7 Å². The van der Waals surface area contributed by atoms with E-state index in [9.17, 15) is 4.79 Å². The zero-order chi connectivity index (χ0) is 11.0. The first-order valence-electron chi connectivity index (χ1n) is 4.47. The summed E-state index contributed by atoms with van der Waals surface area (Å²) in [4.78, 5) is 10.7. The third-order valence-electron chi connectivity index (χ3n) is 2.05. The molecule has 0 bridgehead atoms. The molecule has 0 aliphatic heterocycles. The van der Waals surface area contributed by atoms with Gasteiger partial charge in [0, 0.05) is 20.3 Å². The first-order valence-corrected chi connectivity index (χ1v) is 7.00. The number of hydrogen-bond donors (Lipinski definition) is 0. The molecule has 0 heterocycles. The van der Waals surface area contributed by atoms with Gasteiger partial charge in [-0.3, -0.25) is 0 Å². The molecule has 0 aromatic heterocycles. The smallest absolute Gasteiger partial charge is 0.334 e. The van der Waals surface area contributed by atoms with Gasteiger partial charge in [-0.1, -0.05) is 6.58 Å². The molecule has 0 saturated carbocycles. The zero-order valence-electron chi connectivity index (χ0n) is 9.04. The van der Waals surface area contributed by atoms with E-state index in [0.29, 0.717) is 6.61 Å². The van der Waals surface area contributed by atoms with E-state index in [1.165, 1.54) is 0 Å². The average molecular weight is 218 g/mol. The molecule has 0 spiro atoms. The van der Waals surface area contributed by atoms with Crippen LogP contribution in [0.3, 0.4) is 0 Å². The Kier molecular flexibility index (Phi) is 6.43. The van der Waals surface area contributed by atoms with Crippen LogP contribution in [0.15, 0.2) is 12.7 Å². The third-order valence-corrected chi connectivity index (χ3v) is 5.04. The fourth-order valence-corrected chi connectivity index (χ4v) is 2.27. The molecule has 0 saturated heterocycles. The van der Waals surface area contributed by atoms with Crippen LogP contribution in [-0.4, -0.2) is 35.4 Å². The molecule has 0 amide bonds. The molecule has 0 aliphatic carbocycles. The maximum absolute atomic E-state index is 10.7. The van der Waals surface area contributed by atoms with Gasteiger partial charge in [0.2, 0.25) is 0 Å². The van der Waals surface area contributed by atoms with Gasteiger partial charge in [-0.2, -0.15) is 0 Å². The highest BCUT2D eigenvalue weighted by molar-refractivity contribution is 6.65. The second kappa shape index (κ2) is 6.75. The fraction of sp³-hybridized carbons (Fsp3) is 0.667. The van der Waals surface area contributed by atoms with E-state index in [4.69, 9.17) is 13.6 Å². The first-order chi connectivity index (χ1) is 6.58. The topological polar surface area (TPSA) is 44.8 Å². The van der Waals surface area contributed by atoms with Crippen molar-refractivity contribution >= 4 is 14.5 Å². The van der Waals surface area contributed by atoms with Crippen molar-refractivity contribution in [2.75, 3.05) is 20.8 Å². The summed E-state index contributed by atoms with van der Waals surface area (Å²) in [5.74, 6) is -0.386. The zero-order valence-corrected chi connectivity index (χ0v) is 10.0. The second-order valence-corrected chi connectivity index (χ2v) is 6.60. The van der Waals surface area contributed by atoms with Crippen molar-refractivity contribution in [3.63, 3.8) is 0 Å². The van der Waals surface area contributed by atoms with Crippen LogP contribution in [0.5, 0.6) is 0 Å². The Labute approximate surface area is 86.1 Å². The quantitative estimate of drug-likeness (QED) is 0.281. The van der Waals surface area contributed by atoms with E-state index in [0.717, 1.165) is 18.5 Å². The van der Waals surface area contributed by atoms with Crippen LogP contribution in [0.2, 0.25) is 12.6 Å². The summed E-state index contributed by atoms with van der Waals surface area (Å²) in [5.41, 5.74) is 0. The van der Waals surface area contributed by atoms with E-state index in [1.807, 2.05) is 6.55 Å². The summed E-state index contributed by atoms with van der Waals surface area (Å²) in [6.45, 7) is 5.67. The largest absolute Gasteiger partial charge is 0.463 e. The van der Waals surface area contributed by atoms with E-state index in [1.54, 1.807) is 14.2 Å². The Morgan fingerprint density at radius 1 is 1.43 bits per heavy atom. The Hall–Kier alpha value is -0.653. The molecular formula is C9H18O4Si. The van der Waals surface area contributed by atoms with Crippen LogP contribution in [0.25, 0.3) is 0 Å². The lowest BCUT2D eigenvalue weighted by Crippen LogP contribution is -2.36. The molecule has 0 aromatic carbocycles. The summed E-state index contributed by atoms with van der Waals surface area (Å²) < 4.78 is 15.4. The number of esters is 1. The minimum atomic E-state index is -2.00. The molecule has 0 aliphatic rings. The van der Waals surface area contributed by atoms with E-state index in [2.05, 4.69) is 6.58 Å². The monoisotopic (exact) mass is 218 g/mol. The predicted molar refractivity (Wildman–Crippen MR) is 56.2 cm³/mol. The lowest BCUT2D eigenvalue weighted by molar-refractivity contribution is -0.137. The lowest BCUT2D eigenvalue weighted by Gasteiger charge is -2.22. The van der Waals surface area contributed by atoms with Gasteiger partial charge in [0.15, 0.2) is 0 Å². The Bertz CT molecular complexity index is 189. The van der Waals surface area contributed by atoms with Crippen LogP contribution in [0.1, 0.15) is 6.42 Å². The van der Waals surface area contributed by atoms with Crippen LogP contribution in [-0.2, 0) is 18.4 Å². The van der Waals surface area contributed by atoms with Crippen molar-refractivity contribution in [2.45, 2.75) is 19.0 Å². The third kappa shape index (κ3) is 5.16. The Morgan fingerprint density at radius 2 is 2.00 bits per heavy atom. The van der Waals surface area contributed by atoms with Gasteiger partial charge in [-0.05, 0) is 19.0 Å². The highest BCUT2D eigenvalue weighted by Gasteiger charge is 2.27. The maximum Gasteiger partial charge on any atom is 0.334 e. The summed E-state index contributed by atoms with van der Waals surface area (Å²) in [5, 5.41) is 0. The summed E-state index contributed by atoms with van der Waals surface area (Å²) in [6.07, 6.45) is 1.91. The number of rotatable bonds is 7. The van der Waals surface area contributed by atoms with Gasteiger partial charge in [-0.15, -0.1) is 0 Å². The summed E-state index contributed by atoms with van der Waals surface area (Å²) in [7, 11) is 1.29. The number of carbonyl (C=O) groups excluding carboxylic acids is 1. The minimum absolute atomic E-state index is 0.386. The first kappa shape index (κ1) is 13.3. The summed E-state index contributed by atoms with van der Waals surface area (Å²) >= 11 is 0. The van der Waals surface area contributed by atoms with Crippen molar-refractivity contribution in [1.82, 2.24) is 0 Å². The van der Waals surface area contributed by atoms with Crippen LogP contribution >= 0.6 is 0 Å². The molecule has 0 fully saturated rings. The van der Waals surface area contributed by atoms with Crippen LogP contribution in [0.4, 0.5) is 0 Å². The summed E-state index contributed by atoms with van der Waals surface area (Å²) in [6, 6.07) is 0.810. The second-order valence-electron chi connectivity index (χ2n) is 3.02. The van der Waals surface area contributed by atoms with Crippen LogP contribution < -0.4 is 0 Å². The molecule has 0 rings (SSSR count). The molecule has 0 radical (unpaired) electrons. The molecule has 4 nitrogen and oxygen atoms in total. The molecule has 0 atom stereocenters. The highest BCUT2D eigenvalue weighted by atomic mass is 28.4. The van der Waals surface area contributed by atoms with E-state index < -0.39 is 8.56 Å². The molecule has 0 N–H and O–H groups in total. The van der Waals surface area contributed by atoms with Crippen molar-refractivity contribution in [2.24, 2.45) is 0 Å². The van der Waals surface area contributed by atoms with Gasteiger partial charge in [-0.25, -0.2) is 4.79 Å². The Balaban J connectivity index is 3.62. The van der Waals surface area contributed by atoms with Gasteiger partial charge >= 0.3 is 14.5 Å². The van der Waals surface area contributed by atoms with Gasteiger partial charge in [0.05, 0.1) is 6.61 Å². The number of ether oxygens (including phenoxy) is 1. The predicted octanol–water partition coefficient (Wildman–Crippen LogP) is 1.47. The highest BCUT2D eigenvalue weighted by Crippen LogP contribution is 2.13. The van der Waals surface area contributed by atoms with E-state index in [-0.39, 0.29) is 5.97 Å². The van der Waals surface area contributed by atoms with Gasteiger partial charge in [0.1, 0.15) is 0 Å². The minimum Gasteiger partial charge on any atom is -0.463 e.